The van der Waals surface area contributed by atoms with E-state index in [0.717, 1.165) is 22.3 Å². The van der Waals surface area contributed by atoms with Crippen molar-refractivity contribution in [3.05, 3.63) is 39.7 Å². The van der Waals surface area contributed by atoms with Crippen molar-refractivity contribution in [1.82, 2.24) is 10.5 Å². The van der Waals surface area contributed by atoms with Crippen molar-refractivity contribution in [2.24, 2.45) is 0 Å². The smallest absolute Gasteiger partial charge is 0.176 e. The summed E-state index contributed by atoms with van der Waals surface area (Å²) < 4.78 is 17.5. The molecule has 0 atom stereocenters. The van der Waals surface area contributed by atoms with Crippen LogP contribution in [0.15, 0.2) is 27.2 Å². The van der Waals surface area contributed by atoms with Crippen LogP contribution in [0.25, 0.3) is 0 Å². The molecule has 0 fully saturated rings. The predicted octanol–water partition coefficient (Wildman–Crippen LogP) is 3.44. The first-order chi connectivity index (χ1) is 10.1. The number of ether oxygens (including phenoxy) is 2. The van der Waals surface area contributed by atoms with E-state index < -0.39 is 0 Å². The van der Waals surface area contributed by atoms with Gasteiger partial charge >= 0.3 is 0 Å². The van der Waals surface area contributed by atoms with E-state index in [0.29, 0.717) is 30.5 Å². The molecule has 5 nitrogen and oxygen atoms in total. The molecule has 0 unspecified atom stereocenters. The molecule has 0 saturated heterocycles. The van der Waals surface area contributed by atoms with Gasteiger partial charge in [0.15, 0.2) is 17.3 Å². The van der Waals surface area contributed by atoms with Gasteiger partial charge in [-0.05, 0) is 54.5 Å². The highest BCUT2D eigenvalue weighted by Crippen LogP contribution is 2.37. The fraction of sp³-hybridized carbons (Fsp3) is 0.400. The topological polar surface area (TPSA) is 56.5 Å². The lowest BCUT2D eigenvalue weighted by atomic mass is 10.2. The minimum atomic E-state index is 0.310. The Bertz CT molecular complexity index is 599. The first kappa shape index (κ1) is 15.9. The second-order valence-corrected chi connectivity index (χ2v) is 5.45. The normalized spacial score (nSPS) is 10.7. The molecule has 0 aliphatic rings. The highest BCUT2D eigenvalue weighted by Gasteiger charge is 2.13. The monoisotopic (exact) mass is 354 g/mol. The minimum absolute atomic E-state index is 0.310. The summed E-state index contributed by atoms with van der Waals surface area (Å²) in [7, 11) is 1.91. The summed E-state index contributed by atoms with van der Waals surface area (Å²) in [6.07, 6.45) is 0. The molecule has 1 aromatic heterocycles. The van der Waals surface area contributed by atoms with Crippen LogP contribution in [0.3, 0.4) is 0 Å². The fourth-order valence-corrected chi connectivity index (χ4v) is 2.56. The third kappa shape index (κ3) is 4.22. The number of hydrogen-bond donors (Lipinski definition) is 1. The molecular weight excluding hydrogens is 336 g/mol. The second kappa shape index (κ2) is 7.47. The highest BCUT2D eigenvalue weighted by atomic mass is 79.9. The average Bonchev–Trinajstić information content (AvgIpc) is 2.84. The summed E-state index contributed by atoms with van der Waals surface area (Å²) >= 11 is 3.54. The van der Waals surface area contributed by atoms with Crippen LogP contribution in [-0.2, 0) is 13.2 Å². The van der Waals surface area contributed by atoms with Crippen molar-refractivity contribution in [2.45, 2.75) is 27.0 Å². The number of halogens is 1. The molecule has 0 amide bonds. The molecule has 1 N–H and O–H groups in total. The third-order valence-electron chi connectivity index (χ3n) is 2.79. The zero-order valence-corrected chi connectivity index (χ0v) is 14.0. The SMILES string of the molecule is CCOc1cc(CNC)cc(Br)c1OCc1cc(C)no1. The molecule has 21 heavy (non-hydrogen) atoms. The third-order valence-corrected chi connectivity index (χ3v) is 3.37. The quantitative estimate of drug-likeness (QED) is 0.825. The van der Waals surface area contributed by atoms with E-state index in [4.69, 9.17) is 14.0 Å². The lowest BCUT2D eigenvalue weighted by Crippen LogP contribution is -2.06. The Balaban J connectivity index is 2.19. The summed E-state index contributed by atoms with van der Waals surface area (Å²) in [6, 6.07) is 5.84. The van der Waals surface area contributed by atoms with Crippen molar-refractivity contribution in [1.29, 1.82) is 0 Å². The molecule has 0 radical (unpaired) electrons. The van der Waals surface area contributed by atoms with Gasteiger partial charge in [0.25, 0.3) is 0 Å². The molecule has 1 heterocycles. The molecule has 6 heteroatoms. The van der Waals surface area contributed by atoms with Crippen molar-refractivity contribution < 1.29 is 14.0 Å². The van der Waals surface area contributed by atoms with E-state index in [-0.39, 0.29) is 0 Å². The fourth-order valence-electron chi connectivity index (χ4n) is 1.96. The predicted molar refractivity (Wildman–Crippen MR) is 83.6 cm³/mol. The van der Waals surface area contributed by atoms with Crippen LogP contribution in [0.2, 0.25) is 0 Å². The van der Waals surface area contributed by atoms with Gasteiger partial charge in [-0.2, -0.15) is 0 Å². The van der Waals surface area contributed by atoms with E-state index in [1.54, 1.807) is 0 Å². The Morgan fingerprint density at radius 3 is 2.71 bits per heavy atom. The highest BCUT2D eigenvalue weighted by molar-refractivity contribution is 9.10. The Hall–Kier alpha value is -1.53. The first-order valence-corrected chi connectivity index (χ1v) is 7.58. The number of nitrogens with one attached hydrogen (secondary N) is 1. The van der Waals surface area contributed by atoms with E-state index in [9.17, 15) is 0 Å². The number of aryl methyl sites for hydroxylation is 1. The van der Waals surface area contributed by atoms with Crippen molar-refractivity contribution in [3.63, 3.8) is 0 Å². The summed E-state index contributed by atoms with van der Waals surface area (Å²) in [5.41, 5.74) is 1.96. The van der Waals surface area contributed by atoms with Gasteiger partial charge in [0.05, 0.1) is 16.8 Å². The van der Waals surface area contributed by atoms with E-state index in [2.05, 4.69) is 26.4 Å². The molecule has 0 aliphatic carbocycles. The van der Waals surface area contributed by atoms with Crippen LogP contribution < -0.4 is 14.8 Å². The van der Waals surface area contributed by atoms with Crippen molar-refractivity contribution >= 4 is 15.9 Å². The van der Waals surface area contributed by atoms with Gasteiger partial charge in [0, 0.05) is 12.6 Å². The molecule has 114 valence electrons. The molecule has 0 aliphatic heterocycles. The van der Waals surface area contributed by atoms with E-state index in [1.165, 1.54) is 0 Å². The number of hydrogen-bond acceptors (Lipinski definition) is 5. The lowest BCUT2D eigenvalue weighted by Gasteiger charge is -2.14. The standard InChI is InChI=1S/C15H19BrN2O3/c1-4-19-14-7-11(8-17-3)6-13(16)15(14)20-9-12-5-10(2)18-21-12/h5-7,17H,4,8-9H2,1-3H3. The second-order valence-electron chi connectivity index (χ2n) is 4.59. The van der Waals surface area contributed by atoms with Crippen LogP contribution in [-0.4, -0.2) is 18.8 Å². The number of aromatic nitrogens is 1. The van der Waals surface area contributed by atoms with Crippen molar-refractivity contribution in [2.75, 3.05) is 13.7 Å². The van der Waals surface area contributed by atoms with Crippen LogP contribution in [0.4, 0.5) is 0 Å². The minimum Gasteiger partial charge on any atom is -0.490 e. The van der Waals surface area contributed by atoms with Crippen LogP contribution in [0.1, 0.15) is 23.9 Å². The van der Waals surface area contributed by atoms with Crippen LogP contribution in [0, 0.1) is 6.92 Å². The Labute approximate surface area is 132 Å². The van der Waals surface area contributed by atoms with Gasteiger partial charge in [-0.15, -0.1) is 0 Å². The summed E-state index contributed by atoms with van der Waals surface area (Å²) in [5, 5.41) is 6.96. The molecular formula is C15H19BrN2O3. The molecule has 0 spiro atoms. The Morgan fingerprint density at radius 2 is 2.10 bits per heavy atom. The van der Waals surface area contributed by atoms with Gasteiger partial charge in [-0.3, -0.25) is 0 Å². The lowest BCUT2D eigenvalue weighted by molar-refractivity contribution is 0.231. The average molecular weight is 355 g/mol. The summed E-state index contributed by atoms with van der Waals surface area (Å²) in [4.78, 5) is 0. The van der Waals surface area contributed by atoms with Gasteiger partial charge < -0.3 is 19.3 Å². The van der Waals surface area contributed by atoms with Crippen LogP contribution >= 0.6 is 15.9 Å². The molecule has 2 aromatic rings. The summed E-state index contributed by atoms with van der Waals surface area (Å²) in [6.45, 7) is 5.47. The Kier molecular flexibility index (Phi) is 5.64. The van der Waals surface area contributed by atoms with E-state index in [1.807, 2.05) is 39.1 Å². The molecule has 1 aromatic carbocycles. The van der Waals surface area contributed by atoms with Gasteiger partial charge in [-0.25, -0.2) is 0 Å². The number of rotatable bonds is 7. The zero-order chi connectivity index (χ0) is 15.2. The van der Waals surface area contributed by atoms with Crippen LogP contribution in [0.5, 0.6) is 11.5 Å². The molecule has 0 bridgehead atoms. The first-order valence-electron chi connectivity index (χ1n) is 6.78. The van der Waals surface area contributed by atoms with Crippen molar-refractivity contribution in [3.8, 4) is 11.5 Å². The summed E-state index contributed by atoms with van der Waals surface area (Å²) in [5.74, 6) is 2.07. The largest absolute Gasteiger partial charge is 0.490 e. The maximum absolute atomic E-state index is 5.83. The number of benzene rings is 1. The van der Waals surface area contributed by atoms with Gasteiger partial charge in [0.1, 0.15) is 6.61 Å². The van der Waals surface area contributed by atoms with Gasteiger partial charge in [0.2, 0.25) is 0 Å². The maximum Gasteiger partial charge on any atom is 0.176 e. The Morgan fingerprint density at radius 1 is 1.29 bits per heavy atom. The number of nitrogens with zero attached hydrogens (tertiary/aromatic N) is 1. The van der Waals surface area contributed by atoms with E-state index >= 15 is 0 Å². The maximum atomic E-state index is 5.83. The molecule has 0 saturated carbocycles. The molecule has 2 rings (SSSR count). The van der Waals surface area contributed by atoms with Gasteiger partial charge in [-0.1, -0.05) is 5.16 Å². The zero-order valence-electron chi connectivity index (χ0n) is 12.4.